The number of carbonyl (C=O) groups is 2. The Balaban J connectivity index is 1.42. The summed E-state index contributed by atoms with van der Waals surface area (Å²) in [6.45, 7) is 0.499. The molecule has 8 heteroatoms. The molecule has 4 aromatic rings. The molecule has 1 aliphatic rings. The molecule has 1 aliphatic heterocycles. The van der Waals surface area contributed by atoms with Crippen LogP contribution in [0.1, 0.15) is 23.2 Å². The fourth-order valence-corrected chi connectivity index (χ4v) is 3.78. The van der Waals surface area contributed by atoms with Crippen molar-refractivity contribution in [3.63, 3.8) is 0 Å². The van der Waals surface area contributed by atoms with E-state index in [-0.39, 0.29) is 22.8 Å². The second-order valence-electron chi connectivity index (χ2n) is 7.26. The molecular formula is C23H18FN5O2. The number of fused-ring (bicyclic) bond motifs is 1. The van der Waals surface area contributed by atoms with Gasteiger partial charge in [0.05, 0.1) is 17.6 Å². The number of anilines is 2. The van der Waals surface area contributed by atoms with E-state index in [1.54, 1.807) is 16.8 Å². The third kappa shape index (κ3) is 3.42. The highest BCUT2D eigenvalue weighted by atomic mass is 19.1. The summed E-state index contributed by atoms with van der Waals surface area (Å²) in [5, 5.41) is 7.01. The zero-order valence-electron chi connectivity index (χ0n) is 16.5. The van der Waals surface area contributed by atoms with Gasteiger partial charge in [-0.15, -0.1) is 0 Å². The van der Waals surface area contributed by atoms with E-state index in [0.29, 0.717) is 25.0 Å². The number of hydrogen-bond acceptors (Lipinski definition) is 4. The molecule has 154 valence electrons. The summed E-state index contributed by atoms with van der Waals surface area (Å²) in [5.74, 6) is -1.10. The normalized spacial score (nSPS) is 13.7. The minimum atomic E-state index is -0.558. The number of benzene rings is 2. The highest BCUT2D eigenvalue weighted by molar-refractivity contribution is 6.08. The number of nitrogens with one attached hydrogen (secondary N) is 1. The van der Waals surface area contributed by atoms with Crippen LogP contribution < -0.4 is 10.2 Å². The van der Waals surface area contributed by atoms with Crippen molar-refractivity contribution in [3.05, 3.63) is 78.4 Å². The monoisotopic (exact) mass is 415 g/mol. The van der Waals surface area contributed by atoms with E-state index in [4.69, 9.17) is 0 Å². The van der Waals surface area contributed by atoms with Crippen molar-refractivity contribution >= 4 is 28.8 Å². The van der Waals surface area contributed by atoms with E-state index in [2.05, 4.69) is 15.4 Å². The molecule has 0 bridgehead atoms. The number of aromatic nitrogens is 3. The van der Waals surface area contributed by atoms with E-state index in [1.165, 1.54) is 23.2 Å². The predicted molar refractivity (Wildman–Crippen MR) is 114 cm³/mol. The fraction of sp³-hybridized carbons (Fsp3) is 0.130. The van der Waals surface area contributed by atoms with Gasteiger partial charge in [0.1, 0.15) is 11.4 Å². The van der Waals surface area contributed by atoms with E-state index in [9.17, 15) is 14.0 Å². The van der Waals surface area contributed by atoms with Gasteiger partial charge in [-0.2, -0.15) is 5.10 Å². The predicted octanol–water partition coefficient (Wildman–Crippen LogP) is 3.91. The molecule has 7 nitrogen and oxygen atoms in total. The Morgan fingerprint density at radius 1 is 1.10 bits per heavy atom. The van der Waals surface area contributed by atoms with Crippen LogP contribution in [0.15, 0.2) is 67.0 Å². The maximum Gasteiger partial charge on any atom is 0.261 e. The third-order valence-corrected chi connectivity index (χ3v) is 5.29. The number of amides is 2. The minimum Gasteiger partial charge on any atom is -0.322 e. The van der Waals surface area contributed by atoms with Crippen molar-refractivity contribution in [3.8, 4) is 11.3 Å². The smallest absolute Gasteiger partial charge is 0.261 e. The second kappa shape index (κ2) is 7.64. The Morgan fingerprint density at radius 2 is 1.94 bits per heavy atom. The highest BCUT2D eigenvalue weighted by Crippen LogP contribution is 2.27. The molecule has 1 fully saturated rings. The summed E-state index contributed by atoms with van der Waals surface area (Å²) in [7, 11) is 0. The summed E-state index contributed by atoms with van der Waals surface area (Å²) in [4.78, 5) is 30.5. The number of nitrogens with zero attached hydrogens (tertiary/aromatic N) is 4. The Hall–Kier alpha value is -4.07. The van der Waals surface area contributed by atoms with Gasteiger partial charge in [0, 0.05) is 30.4 Å². The van der Waals surface area contributed by atoms with Crippen LogP contribution in [0.2, 0.25) is 0 Å². The lowest BCUT2D eigenvalue weighted by Gasteiger charge is -2.17. The van der Waals surface area contributed by atoms with Crippen LogP contribution in [-0.2, 0) is 4.79 Å². The minimum absolute atomic E-state index is 0.0951. The van der Waals surface area contributed by atoms with E-state index in [0.717, 1.165) is 11.3 Å². The van der Waals surface area contributed by atoms with E-state index in [1.807, 2.05) is 36.4 Å². The van der Waals surface area contributed by atoms with Gasteiger partial charge in [0.25, 0.3) is 5.91 Å². The molecule has 0 radical (unpaired) electrons. The maximum atomic E-state index is 14.6. The first-order chi connectivity index (χ1) is 15.1. The Kier molecular flexibility index (Phi) is 4.66. The average Bonchev–Trinajstić information content (AvgIpc) is 3.40. The first-order valence-corrected chi connectivity index (χ1v) is 9.91. The van der Waals surface area contributed by atoms with Crippen LogP contribution in [0.4, 0.5) is 15.8 Å². The lowest BCUT2D eigenvalue weighted by molar-refractivity contribution is -0.117. The first-order valence-electron chi connectivity index (χ1n) is 9.91. The van der Waals surface area contributed by atoms with Crippen LogP contribution in [0, 0.1) is 5.82 Å². The number of rotatable bonds is 4. The van der Waals surface area contributed by atoms with Crippen LogP contribution in [0.25, 0.3) is 16.9 Å². The van der Waals surface area contributed by atoms with E-state index >= 15 is 0 Å². The van der Waals surface area contributed by atoms with Crippen LogP contribution >= 0.6 is 0 Å². The lowest BCUT2D eigenvalue weighted by Crippen LogP contribution is -2.24. The molecule has 3 heterocycles. The molecule has 0 atom stereocenters. The summed E-state index contributed by atoms with van der Waals surface area (Å²) in [5.41, 5.74) is 2.94. The van der Waals surface area contributed by atoms with E-state index < -0.39 is 11.7 Å². The summed E-state index contributed by atoms with van der Waals surface area (Å²) >= 11 is 0. The van der Waals surface area contributed by atoms with Crippen molar-refractivity contribution in [1.82, 2.24) is 14.6 Å². The van der Waals surface area contributed by atoms with Gasteiger partial charge in [-0.1, -0.05) is 30.3 Å². The Labute approximate surface area is 177 Å². The summed E-state index contributed by atoms with van der Waals surface area (Å²) in [6.07, 6.45) is 4.20. The van der Waals surface area contributed by atoms with Gasteiger partial charge in [0.15, 0.2) is 5.65 Å². The molecule has 0 unspecified atom stereocenters. The quantitative estimate of drug-likeness (QED) is 0.548. The first kappa shape index (κ1) is 18.9. The zero-order chi connectivity index (χ0) is 21.4. The maximum absolute atomic E-state index is 14.6. The van der Waals surface area contributed by atoms with Crippen LogP contribution in [-0.4, -0.2) is 33.0 Å². The van der Waals surface area contributed by atoms with Gasteiger partial charge < -0.3 is 10.2 Å². The van der Waals surface area contributed by atoms with Crippen molar-refractivity contribution < 1.29 is 14.0 Å². The van der Waals surface area contributed by atoms with Crippen LogP contribution in [0.5, 0.6) is 0 Å². The summed E-state index contributed by atoms with van der Waals surface area (Å²) in [6, 6.07) is 15.8. The Morgan fingerprint density at radius 3 is 2.68 bits per heavy atom. The molecule has 0 spiro atoms. The number of hydrogen-bond donors (Lipinski definition) is 1. The van der Waals surface area contributed by atoms with Gasteiger partial charge in [0.2, 0.25) is 5.91 Å². The summed E-state index contributed by atoms with van der Waals surface area (Å²) < 4.78 is 16.2. The highest BCUT2D eigenvalue weighted by Gasteiger charge is 2.24. The molecule has 2 amide bonds. The molecule has 2 aromatic heterocycles. The number of carbonyl (C=O) groups excluding carboxylic acids is 2. The molecule has 1 saturated heterocycles. The molecule has 1 N–H and O–H groups in total. The average molecular weight is 415 g/mol. The molecule has 0 saturated carbocycles. The van der Waals surface area contributed by atoms with Crippen molar-refractivity contribution in [2.24, 2.45) is 0 Å². The van der Waals surface area contributed by atoms with Gasteiger partial charge in [-0.25, -0.2) is 13.9 Å². The largest absolute Gasteiger partial charge is 0.322 e. The van der Waals surface area contributed by atoms with Gasteiger partial charge in [-0.3, -0.25) is 9.59 Å². The van der Waals surface area contributed by atoms with Crippen molar-refractivity contribution in [2.75, 3.05) is 16.8 Å². The molecule has 5 rings (SSSR count). The number of halogens is 1. The standard InChI is InChI=1S/C23H18FN5O2/c24-18-13-16(8-9-20(18)28-12-4-7-21(28)30)27-23(31)17-14-26-29-19(10-11-25-22(17)29)15-5-2-1-3-6-15/h1-3,5-6,8-11,13-14H,4,7,12H2,(H,27,31). The molecular weight excluding hydrogens is 397 g/mol. The van der Waals surface area contributed by atoms with Crippen LogP contribution in [0.3, 0.4) is 0 Å². The second-order valence-corrected chi connectivity index (χ2v) is 7.26. The topological polar surface area (TPSA) is 79.6 Å². The third-order valence-electron chi connectivity index (χ3n) is 5.29. The molecule has 31 heavy (non-hydrogen) atoms. The van der Waals surface area contributed by atoms with Gasteiger partial charge in [-0.05, 0) is 30.7 Å². The zero-order valence-corrected chi connectivity index (χ0v) is 16.5. The molecule has 2 aromatic carbocycles. The lowest BCUT2D eigenvalue weighted by atomic mass is 10.1. The Bertz CT molecular complexity index is 1300. The van der Waals surface area contributed by atoms with Crippen molar-refractivity contribution in [2.45, 2.75) is 12.8 Å². The van der Waals surface area contributed by atoms with Crippen molar-refractivity contribution in [1.29, 1.82) is 0 Å². The SMILES string of the molecule is O=C(Nc1ccc(N2CCCC2=O)c(F)c1)c1cnn2c(-c3ccccc3)ccnc12. The van der Waals surface area contributed by atoms with Gasteiger partial charge >= 0.3 is 0 Å². The molecule has 0 aliphatic carbocycles. The fourth-order valence-electron chi connectivity index (χ4n) is 3.78.